The van der Waals surface area contributed by atoms with Crippen molar-refractivity contribution in [2.24, 2.45) is 0 Å². The van der Waals surface area contributed by atoms with Crippen molar-refractivity contribution in [3.63, 3.8) is 0 Å². The van der Waals surface area contributed by atoms with Crippen molar-refractivity contribution in [3.05, 3.63) is 46.7 Å². The number of aryl methyl sites for hydroxylation is 1. The summed E-state index contributed by atoms with van der Waals surface area (Å²) in [7, 11) is 0. The van der Waals surface area contributed by atoms with Gasteiger partial charge >= 0.3 is 0 Å². The Morgan fingerprint density at radius 1 is 1.19 bits per heavy atom. The molecule has 0 atom stereocenters. The fraction of sp³-hybridized carbons (Fsp3) is 0.231. The van der Waals surface area contributed by atoms with Crippen LogP contribution in [-0.4, -0.2) is 11.7 Å². The molecule has 16 heavy (non-hydrogen) atoms. The van der Waals surface area contributed by atoms with E-state index in [4.69, 9.17) is 4.74 Å². The van der Waals surface area contributed by atoms with Crippen LogP contribution in [0.25, 0.3) is 0 Å². The molecule has 2 aromatic rings. The highest BCUT2D eigenvalue weighted by molar-refractivity contribution is 7.09. The molecule has 0 saturated heterocycles. The number of hydrogen-bond acceptors (Lipinski definition) is 3. The van der Waals surface area contributed by atoms with Gasteiger partial charge in [-0.25, -0.2) is 0 Å². The number of hydrogen-bond donors (Lipinski definition) is 1. The van der Waals surface area contributed by atoms with Gasteiger partial charge in [0, 0.05) is 10.9 Å². The molecule has 1 aromatic carbocycles. The number of benzene rings is 1. The van der Waals surface area contributed by atoms with Crippen LogP contribution in [0.4, 0.5) is 0 Å². The molecule has 0 spiro atoms. The Bertz CT molecular complexity index is 423. The Kier molecular flexibility index (Phi) is 3.83. The van der Waals surface area contributed by atoms with Crippen LogP contribution in [0.2, 0.25) is 0 Å². The minimum atomic E-state index is 0.246. The van der Waals surface area contributed by atoms with E-state index in [0.717, 1.165) is 18.6 Å². The van der Waals surface area contributed by atoms with Gasteiger partial charge in [-0.05, 0) is 36.4 Å². The van der Waals surface area contributed by atoms with E-state index in [1.54, 1.807) is 29.5 Å². The first-order chi connectivity index (χ1) is 7.84. The van der Waals surface area contributed by atoms with Gasteiger partial charge in [-0.1, -0.05) is 12.1 Å². The summed E-state index contributed by atoms with van der Waals surface area (Å²) in [4.78, 5) is 1.39. The molecular weight excluding hydrogens is 220 g/mol. The van der Waals surface area contributed by atoms with E-state index in [2.05, 4.69) is 17.5 Å². The van der Waals surface area contributed by atoms with E-state index in [9.17, 15) is 5.11 Å². The predicted octanol–water partition coefficient (Wildman–Crippen LogP) is 3.47. The summed E-state index contributed by atoms with van der Waals surface area (Å²) in [6, 6.07) is 11.1. The van der Waals surface area contributed by atoms with E-state index in [0.29, 0.717) is 6.61 Å². The smallest absolute Gasteiger partial charge is 0.122 e. The van der Waals surface area contributed by atoms with Gasteiger partial charge in [0.15, 0.2) is 0 Å². The van der Waals surface area contributed by atoms with Crippen LogP contribution in [0.15, 0.2) is 41.8 Å². The molecule has 0 radical (unpaired) electrons. The molecule has 1 aromatic heterocycles. The van der Waals surface area contributed by atoms with Gasteiger partial charge in [-0.15, -0.1) is 11.3 Å². The molecule has 2 rings (SSSR count). The molecule has 1 N–H and O–H groups in total. The van der Waals surface area contributed by atoms with E-state index < -0.39 is 0 Å². The monoisotopic (exact) mass is 234 g/mol. The number of phenolic OH excluding ortho intramolecular Hbond substituents is 1. The highest BCUT2D eigenvalue weighted by Crippen LogP contribution is 2.18. The molecule has 84 valence electrons. The SMILES string of the molecule is Oc1cccc(OCCCc2cccs2)c1. The molecule has 0 unspecified atom stereocenters. The number of ether oxygens (including phenoxy) is 1. The molecule has 0 amide bonds. The standard InChI is InChI=1S/C13H14O2S/c14-11-4-1-5-12(10-11)15-8-2-6-13-7-3-9-16-13/h1,3-5,7,9-10,14H,2,6,8H2. The Morgan fingerprint density at radius 2 is 2.12 bits per heavy atom. The lowest BCUT2D eigenvalue weighted by atomic mass is 10.3. The first-order valence-electron chi connectivity index (χ1n) is 5.29. The van der Waals surface area contributed by atoms with Crippen molar-refractivity contribution in [2.45, 2.75) is 12.8 Å². The molecule has 3 heteroatoms. The third-order valence-electron chi connectivity index (χ3n) is 2.23. The quantitative estimate of drug-likeness (QED) is 0.803. The summed E-state index contributed by atoms with van der Waals surface area (Å²) >= 11 is 1.78. The fourth-order valence-electron chi connectivity index (χ4n) is 1.46. The maximum atomic E-state index is 9.24. The van der Waals surface area contributed by atoms with Crippen molar-refractivity contribution < 1.29 is 9.84 Å². The lowest BCUT2D eigenvalue weighted by Gasteiger charge is -2.05. The van der Waals surface area contributed by atoms with Gasteiger partial charge in [0.1, 0.15) is 11.5 Å². The molecule has 0 aliphatic heterocycles. The molecule has 2 nitrogen and oxygen atoms in total. The lowest BCUT2D eigenvalue weighted by molar-refractivity contribution is 0.309. The summed E-state index contributed by atoms with van der Waals surface area (Å²) < 4.78 is 5.53. The molecule has 0 aliphatic carbocycles. The Labute approximate surface area is 99.1 Å². The van der Waals surface area contributed by atoms with Gasteiger partial charge in [0.2, 0.25) is 0 Å². The van der Waals surface area contributed by atoms with Crippen molar-refractivity contribution >= 4 is 11.3 Å². The molecule has 0 bridgehead atoms. The van der Waals surface area contributed by atoms with Crippen LogP contribution < -0.4 is 4.74 Å². The second-order valence-electron chi connectivity index (χ2n) is 3.53. The molecule has 1 heterocycles. The summed E-state index contributed by atoms with van der Waals surface area (Å²) in [5, 5.41) is 11.3. The predicted molar refractivity (Wildman–Crippen MR) is 66.2 cm³/mol. The van der Waals surface area contributed by atoms with E-state index in [1.165, 1.54) is 4.88 Å². The largest absolute Gasteiger partial charge is 0.508 e. The van der Waals surface area contributed by atoms with E-state index in [1.807, 2.05) is 6.07 Å². The van der Waals surface area contributed by atoms with Crippen molar-refractivity contribution in [2.75, 3.05) is 6.61 Å². The zero-order valence-electron chi connectivity index (χ0n) is 8.93. The first-order valence-corrected chi connectivity index (χ1v) is 6.17. The van der Waals surface area contributed by atoms with Crippen molar-refractivity contribution in [1.82, 2.24) is 0 Å². The summed E-state index contributed by atoms with van der Waals surface area (Å²) in [6.07, 6.45) is 2.05. The van der Waals surface area contributed by atoms with Gasteiger partial charge < -0.3 is 9.84 Å². The maximum Gasteiger partial charge on any atom is 0.122 e. The Balaban J connectivity index is 1.72. The first kappa shape index (κ1) is 11.0. The normalized spacial score (nSPS) is 10.2. The number of thiophene rings is 1. The van der Waals surface area contributed by atoms with Crippen molar-refractivity contribution in [3.8, 4) is 11.5 Å². The van der Waals surface area contributed by atoms with Gasteiger partial charge in [0.05, 0.1) is 6.61 Å². The van der Waals surface area contributed by atoms with Gasteiger partial charge in [-0.2, -0.15) is 0 Å². The zero-order chi connectivity index (χ0) is 11.2. The average molecular weight is 234 g/mol. The Morgan fingerprint density at radius 3 is 2.88 bits per heavy atom. The second kappa shape index (κ2) is 5.56. The summed E-state index contributed by atoms with van der Waals surface area (Å²) in [6.45, 7) is 0.682. The molecular formula is C13H14O2S. The molecule has 0 fully saturated rings. The minimum Gasteiger partial charge on any atom is -0.508 e. The Hall–Kier alpha value is -1.48. The number of aromatic hydroxyl groups is 1. The zero-order valence-corrected chi connectivity index (χ0v) is 9.74. The highest BCUT2D eigenvalue weighted by Gasteiger charge is 1.97. The molecule has 0 saturated carbocycles. The summed E-state index contributed by atoms with van der Waals surface area (Å²) in [5.74, 6) is 0.974. The van der Waals surface area contributed by atoms with Crippen LogP contribution in [0, 0.1) is 0 Å². The van der Waals surface area contributed by atoms with Crippen LogP contribution in [0.5, 0.6) is 11.5 Å². The second-order valence-corrected chi connectivity index (χ2v) is 4.56. The van der Waals surface area contributed by atoms with Crippen LogP contribution in [-0.2, 0) is 6.42 Å². The van der Waals surface area contributed by atoms with Crippen LogP contribution in [0.3, 0.4) is 0 Å². The van der Waals surface area contributed by atoms with Crippen LogP contribution >= 0.6 is 11.3 Å². The number of phenols is 1. The highest BCUT2D eigenvalue weighted by atomic mass is 32.1. The third-order valence-corrected chi connectivity index (χ3v) is 3.17. The van der Waals surface area contributed by atoms with Gasteiger partial charge in [-0.3, -0.25) is 0 Å². The van der Waals surface area contributed by atoms with Gasteiger partial charge in [0.25, 0.3) is 0 Å². The van der Waals surface area contributed by atoms with E-state index in [-0.39, 0.29) is 5.75 Å². The van der Waals surface area contributed by atoms with E-state index >= 15 is 0 Å². The topological polar surface area (TPSA) is 29.5 Å². The maximum absolute atomic E-state index is 9.24. The fourth-order valence-corrected chi connectivity index (χ4v) is 2.22. The number of rotatable bonds is 5. The molecule has 0 aliphatic rings. The van der Waals surface area contributed by atoms with Crippen LogP contribution in [0.1, 0.15) is 11.3 Å². The lowest BCUT2D eigenvalue weighted by Crippen LogP contribution is -1.98. The summed E-state index contributed by atoms with van der Waals surface area (Å²) in [5.41, 5.74) is 0. The average Bonchev–Trinajstić information content (AvgIpc) is 2.77. The van der Waals surface area contributed by atoms with Crippen molar-refractivity contribution in [1.29, 1.82) is 0 Å². The minimum absolute atomic E-state index is 0.246. The third kappa shape index (κ3) is 3.28.